The number of imide groups is 1. The van der Waals surface area contributed by atoms with Crippen LogP contribution in [0.5, 0.6) is 5.75 Å². The van der Waals surface area contributed by atoms with E-state index in [-0.39, 0.29) is 47.9 Å². The molecule has 2 aliphatic heterocycles. The molecule has 0 aliphatic carbocycles. The van der Waals surface area contributed by atoms with Gasteiger partial charge in [0.1, 0.15) is 17.8 Å². The first-order valence-corrected chi connectivity index (χ1v) is 10.6. The summed E-state index contributed by atoms with van der Waals surface area (Å²) < 4.78 is 5.56. The molecule has 35 heavy (non-hydrogen) atoms. The van der Waals surface area contributed by atoms with E-state index < -0.39 is 35.8 Å². The van der Waals surface area contributed by atoms with Crippen LogP contribution in [0.15, 0.2) is 53.7 Å². The second kappa shape index (κ2) is 9.63. The molecule has 2 aliphatic rings. The average Bonchev–Trinajstić information content (AvgIpc) is 3.10. The quantitative estimate of drug-likeness (QED) is 0.127. The zero-order valence-corrected chi connectivity index (χ0v) is 18.1. The number of hydrogen-bond donors (Lipinski definition) is 4. The van der Waals surface area contributed by atoms with Gasteiger partial charge in [0.25, 0.3) is 17.7 Å². The van der Waals surface area contributed by atoms with Gasteiger partial charge in [-0.3, -0.25) is 24.1 Å². The lowest BCUT2D eigenvalue weighted by Crippen LogP contribution is -2.62. The lowest BCUT2D eigenvalue weighted by molar-refractivity contribution is -0.142. The van der Waals surface area contributed by atoms with Crippen molar-refractivity contribution in [3.05, 3.63) is 65.2 Å². The number of carboxylic acids is 1. The molecule has 0 spiro atoms. The largest absolute Gasteiger partial charge is 0.494 e. The van der Waals surface area contributed by atoms with Crippen LogP contribution in [0.4, 0.5) is 0 Å². The van der Waals surface area contributed by atoms with Gasteiger partial charge in [-0.1, -0.05) is 17.3 Å². The van der Waals surface area contributed by atoms with Crippen molar-refractivity contribution < 1.29 is 39.0 Å². The van der Waals surface area contributed by atoms with Gasteiger partial charge in [0.15, 0.2) is 5.71 Å². The molecule has 4 N–H and O–H groups in total. The molecule has 4 rings (SSSR count). The Morgan fingerprint density at radius 2 is 1.71 bits per heavy atom. The SMILES string of the molecule is O=C(NC1CNC1=O)/C(=N\O)c1ccc(OCCC(C(=O)O)N2C(=O)c3ccccc3C2=O)cc1. The number of oxime groups is 1. The van der Waals surface area contributed by atoms with Crippen molar-refractivity contribution >= 4 is 35.3 Å². The third kappa shape index (κ3) is 4.53. The predicted octanol–water partition coefficient (Wildman–Crippen LogP) is -0.00220. The van der Waals surface area contributed by atoms with Crippen molar-refractivity contribution in [1.82, 2.24) is 15.5 Å². The fourth-order valence-corrected chi connectivity index (χ4v) is 3.72. The van der Waals surface area contributed by atoms with E-state index in [1.54, 1.807) is 12.1 Å². The average molecular weight is 480 g/mol. The summed E-state index contributed by atoms with van der Waals surface area (Å²) in [5.74, 6) is -3.43. The minimum absolute atomic E-state index is 0.123. The van der Waals surface area contributed by atoms with E-state index >= 15 is 0 Å². The van der Waals surface area contributed by atoms with Crippen LogP contribution in [0, 0.1) is 0 Å². The third-order valence-electron chi connectivity index (χ3n) is 5.63. The van der Waals surface area contributed by atoms with E-state index in [1.165, 1.54) is 36.4 Å². The van der Waals surface area contributed by atoms with Crippen LogP contribution >= 0.6 is 0 Å². The number of nitrogens with zero attached hydrogens (tertiary/aromatic N) is 2. The van der Waals surface area contributed by atoms with Crippen molar-refractivity contribution in [3.8, 4) is 5.75 Å². The molecule has 1 saturated heterocycles. The van der Waals surface area contributed by atoms with E-state index in [2.05, 4.69) is 15.8 Å². The van der Waals surface area contributed by atoms with Gasteiger partial charge in [0, 0.05) is 18.5 Å². The molecule has 0 aromatic heterocycles. The number of nitrogens with one attached hydrogen (secondary N) is 2. The molecule has 12 heteroatoms. The molecule has 0 saturated carbocycles. The number of β-lactam (4-membered cyclic amide) rings is 1. The first-order chi connectivity index (χ1) is 16.8. The summed E-state index contributed by atoms with van der Waals surface area (Å²) in [5.41, 5.74) is 0.270. The van der Waals surface area contributed by atoms with Gasteiger partial charge in [-0.2, -0.15) is 0 Å². The second-order valence-electron chi connectivity index (χ2n) is 7.76. The summed E-state index contributed by atoms with van der Waals surface area (Å²) in [4.78, 5) is 61.3. The first kappa shape index (κ1) is 23.4. The molecular weight excluding hydrogens is 460 g/mol. The highest BCUT2D eigenvalue weighted by atomic mass is 16.5. The molecule has 2 aromatic carbocycles. The first-order valence-electron chi connectivity index (χ1n) is 10.6. The van der Waals surface area contributed by atoms with Gasteiger partial charge in [-0.05, 0) is 36.4 Å². The van der Waals surface area contributed by atoms with Crippen molar-refractivity contribution in [3.63, 3.8) is 0 Å². The molecule has 2 heterocycles. The van der Waals surface area contributed by atoms with Gasteiger partial charge in [-0.15, -0.1) is 0 Å². The number of aliphatic carboxylic acids is 1. The molecule has 180 valence electrons. The molecular formula is C23H20N4O8. The summed E-state index contributed by atoms with van der Waals surface area (Å²) in [7, 11) is 0. The number of rotatable bonds is 9. The van der Waals surface area contributed by atoms with Crippen LogP contribution in [0.1, 0.15) is 32.7 Å². The Morgan fingerprint density at radius 3 is 2.20 bits per heavy atom. The van der Waals surface area contributed by atoms with E-state index in [1.807, 2.05) is 0 Å². The number of fused-ring (bicyclic) bond motifs is 1. The molecule has 4 amide bonds. The summed E-state index contributed by atoms with van der Waals surface area (Å²) >= 11 is 0. The molecule has 2 atom stereocenters. The minimum atomic E-state index is -1.41. The number of carboxylic acid groups (broad SMARTS) is 1. The number of ether oxygens (including phenoxy) is 1. The lowest BCUT2D eigenvalue weighted by Gasteiger charge is -2.26. The third-order valence-corrected chi connectivity index (χ3v) is 5.63. The molecule has 12 nitrogen and oxygen atoms in total. The fraction of sp³-hybridized carbons (Fsp3) is 0.217. The Kier molecular flexibility index (Phi) is 6.44. The summed E-state index contributed by atoms with van der Waals surface area (Å²) in [5, 5.41) is 26.8. The Hall–Kier alpha value is -4.74. The van der Waals surface area contributed by atoms with Crippen LogP contribution in [0.2, 0.25) is 0 Å². The van der Waals surface area contributed by atoms with Crippen LogP contribution in [-0.4, -0.2) is 75.8 Å². The standard InChI is InChI=1S/C23H20N4O8/c28-19-16(11-24-19)25-20(29)18(26-34)12-5-7-13(8-6-12)35-10-9-17(23(32)33)27-21(30)14-3-1-2-4-15(14)22(27)31/h1-8,16-17,34H,9-11H2,(H,24,28)(H,25,29)(H,32,33)/b26-18-. The van der Waals surface area contributed by atoms with Crippen molar-refractivity contribution in [2.24, 2.45) is 5.16 Å². The number of benzene rings is 2. The van der Waals surface area contributed by atoms with Gasteiger partial charge in [-0.25, -0.2) is 4.79 Å². The Balaban J connectivity index is 1.36. The highest BCUT2D eigenvalue weighted by Crippen LogP contribution is 2.26. The molecule has 1 fully saturated rings. The van der Waals surface area contributed by atoms with Crippen molar-refractivity contribution in [2.75, 3.05) is 13.2 Å². The topological polar surface area (TPSA) is 175 Å². The van der Waals surface area contributed by atoms with E-state index in [4.69, 9.17) is 4.74 Å². The van der Waals surface area contributed by atoms with Gasteiger partial charge in [0.2, 0.25) is 5.91 Å². The number of hydrogen-bond acceptors (Lipinski definition) is 8. The Bertz CT molecular complexity index is 1210. The normalized spacial score (nSPS) is 17.8. The summed E-state index contributed by atoms with van der Waals surface area (Å²) in [6.45, 7) is 0.163. The molecule has 0 radical (unpaired) electrons. The second-order valence-corrected chi connectivity index (χ2v) is 7.76. The fourth-order valence-electron chi connectivity index (χ4n) is 3.72. The molecule has 0 bridgehead atoms. The Labute approximate surface area is 198 Å². The van der Waals surface area contributed by atoms with E-state index in [9.17, 15) is 34.3 Å². The summed E-state index contributed by atoms with van der Waals surface area (Å²) in [6.07, 6.45) is -0.155. The zero-order valence-electron chi connectivity index (χ0n) is 18.1. The van der Waals surface area contributed by atoms with E-state index in [0.717, 1.165) is 4.90 Å². The smallest absolute Gasteiger partial charge is 0.327 e. The van der Waals surface area contributed by atoms with Crippen molar-refractivity contribution in [1.29, 1.82) is 0 Å². The maximum atomic E-state index is 12.6. The van der Waals surface area contributed by atoms with Crippen LogP contribution in [-0.2, 0) is 14.4 Å². The number of amides is 4. The van der Waals surface area contributed by atoms with Crippen LogP contribution in [0.3, 0.4) is 0 Å². The monoisotopic (exact) mass is 480 g/mol. The number of carbonyl (C=O) groups excluding carboxylic acids is 4. The molecule has 2 unspecified atom stereocenters. The molecule has 2 aromatic rings. The maximum absolute atomic E-state index is 12.6. The number of carbonyl (C=O) groups is 5. The lowest BCUT2D eigenvalue weighted by atomic mass is 10.1. The van der Waals surface area contributed by atoms with Crippen LogP contribution in [0.25, 0.3) is 0 Å². The van der Waals surface area contributed by atoms with Crippen molar-refractivity contribution in [2.45, 2.75) is 18.5 Å². The van der Waals surface area contributed by atoms with E-state index in [0.29, 0.717) is 5.75 Å². The summed E-state index contributed by atoms with van der Waals surface area (Å²) in [6, 6.07) is 9.87. The van der Waals surface area contributed by atoms with Crippen LogP contribution < -0.4 is 15.4 Å². The van der Waals surface area contributed by atoms with Gasteiger partial charge < -0.3 is 25.7 Å². The zero-order chi connectivity index (χ0) is 25.1. The predicted molar refractivity (Wildman–Crippen MR) is 118 cm³/mol. The highest BCUT2D eigenvalue weighted by molar-refractivity contribution is 6.45. The highest BCUT2D eigenvalue weighted by Gasteiger charge is 2.42. The maximum Gasteiger partial charge on any atom is 0.327 e. The Morgan fingerprint density at radius 1 is 1.09 bits per heavy atom. The van der Waals surface area contributed by atoms with Gasteiger partial charge in [0.05, 0.1) is 17.7 Å². The van der Waals surface area contributed by atoms with Gasteiger partial charge >= 0.3 is 5.97 Å². The minimum Gasteiger partial charge on any atom is -0.494 e.